The maximum atomic E-state index is 15.4. The highest BCUT2D eigenvalue weighted by atomic mass is 32.2. The van der Waals surface area contributed by atoms with E-state index in [1.807, 2.05) is 35.2 Å². The molecule has 0 spiro atoms. The molecule has 1 aliphatic heterocycles. The summed E-state index contributed by atoms with van der Waals surface area (Å²) in [6.07, 6.45) is 1.02. The third-order valence-corrected chi connectivity index (χ3v) is 7.44. The molecule has 0 N–H and O–H groups in total. The monoisotopic (exact) mass is 564 g/mol. The van der Waals surface area contributed by atoms with Crippen LogP contribution in [0.15, 0.2) is 65.7 Å². The highest BCUT2D eigenvalue weighted by molar-refractivity contribution is 7.98. The number of amides is 1. The predicted molar refractivity (Wildman–Crippen MR) is 153 cm³/mol. The van der Waals surface area contributed by atoms with Gasteiger partial charge >= 0.3 is 6.09 Å². The SMILES string of the molecule is COc1ccc2c3c(cnc2n1)N(C(=O)OC(C)(C)C)CCN3Cc1c(F)cc(SCc2ccccc2)cc1F. The Morgan fingerprint density at radius 3 is 2.45 bits per heavy atom. The number of rotatable bonds is 6. The third-order valence-electron chi connectivity index (χ3n) is 6.39. The summed E-state index contributed by atoms with van der Waals surface area (Å²) in [5, 5.41) is 0.627. The molecule has 4 aromatic rings. The van der Waals surface area contributed by atoms with Gasteiger partial charge < -0.3 is 14.4 Å². The van der Waals surface area contributed by atoms with Crippen molar-refractivity contribution in [3.05, 3.63) is 83.6 Å². The predicted octanol–water partition coefficient (Wildman–Crippen LogP) is 6.97. The first-order valence-electron chi connectivity index (χ1n) is 12.9. The van der Waals surface area contributed by atoms with E-state index in [4.69, 9.17) is 9.47 Å². The van der Waals surface area contributed by atoms with Crippen molar-refractivity contribution in [1.29, 1.82) is 0 Å². The molecule has 0 saturated carbocycles. The molecule has 2 aromatic heterocycles. The van der Waals surface area contributed by atoms with E-state index in [0.29, 0.717) is 45.5 Å². The molecule has 7 nitrogen and oxygen atoms in total. The van der Waals surface area contributed by atoms with E-state index < -0.39 is 23.3 Å². The molecule has 2 aromatic carbocycles. The molecule has 0 fully saturated rings. The fourth-order valence-corrected chi connectivity index (χ4v) is 5.44. The molecule has 208 valence electrons. The Hall–Kier alpha value is -3.92. The lowest BCUT2D eigenvalue weighted by Gasteiger charge is -2.38. The number of fused-ring (bicyclic) bond motifs is 3. The van der Waals surface area contributed by atoms with Crippen LogP contribution in [0.3, 0.4) is 0 Å². The van der Waals surface area contributed by atoms with Crippen LogP contribution in [0.4, 0.5) is 25.0 Å². The zero-order chi connectivity index (χ0) is 28.4. The molecule has 5 rings (SSSR count). The van der Waals surface area contributed by atoms with Crippen molar-refractivity contribution in [2.24, 2.45) is 0 Å². The molecule has 1 aliphatic rings. The second-order valence-electron chi connectivity index (χ2n) is 10.4. The number of carbonyl (C=O) groups is 1. The minimum atomic E-state index is -0.694. The van der Waals surface area contributed by atoms with E-state index in [-0.39, 0.29) is 18.7 Å². The largest absolute Gasteiger partial charge is 0.481 e. The van der Waals surface area contributed by atoms with Gasteiger partial charge in [-0.25, -0.2) is 18.6 Å². The third kappa shape index (κ3) is 5.96. The number of nitrogens with zero attached hydrogens (tertiary/aromatic N) is 4. The Balaban J connectivity index is 1.48. The Morgan fingerprint density at radius 2 is 1.77 bits per heavy atom. The van der Waals surface area contributed by atoms with Crippen LogP contribution in [0, 0.1) is 11.6 Å². The lowest BCUT2D eigenvalue weighted by Crippen LogP contribution is -2.46. The number of pyridine rings is 2. The molecule has 40 heavy (non-hydrogen) atoms. The Bertz CT molecular complexity index is 1520. The van der Waals surface area contributed by atoms with Crippen molar-refractivity contribution in [3.8, 4) is 5.88 Å². The zero-order valence-electron chi connectivity index (χ0n) is 22.8. The molecular formula is C30H30F2N4O3S. The van der Waals surface area contributed by atoms with E-state index in [1.54, 1.807) is 32.9 Å². The topological polar surface area (TPSA) is 67.8 Å². The molecular weight excluding hydrogens is 534 g/mol. The maximum absolute atomic E-state index is 15.4. The average molecular weight is 565 g/mol. The first-order chi connectivity index (χ1) is 19.1. The lowest BCUT2D eigenvalue weighted by molar-refractivity contribution is 0.0580. The molecule has 0 unspecified atom stereocenters. The summed E-state index contributed by atoms with van der Waals surface area (Å²) >= 11 is 1.38. The molecule has 10 heteroatoms. The summed E-state index contributed by atoms with van der Waals surface area (Å²) in [4.78, 5) is 25.8. The number of hydrogen-bond acceptors (Lipinski definition) is 7. The van der Waals surface area contributed by atoms with Gasteiger partial charge in [0.1, 0.15) is 17.2 Å². The second-order valence-corrected chi connectivity index (χ2v) is 11.5. The minimum Gasteiger partial charge on any atom is -0.481 e. The highest BCUT2D eigenvalue weighted by Gasteiger charge is 2.33. The van der Waals surface area contributed by atoms with Crippen molar-refractivity contribution >= 4 is 40.3 Å². The number of halogens is 2. The minimum absolute atomic E-state index is 0.0401. The Kier molecular flexibility index (Phi) is 7.80. The van der Waals surface area contributed by atoms with Gasteiger partial charge in [0, 0.05) is 47.3 Å². The van der Waals surface area contributed by atoms with Crippen LogP contribution in [0.1, 0.15) is 31.9 Å². The number of thioether (sulfide) groups is 1. The summed E-state index contributed by atoms with van der Waals surface area (Å²) in [5.74, 6) is -0.254. The number of carbonyl (C=O) groups excluding carboxylic acids is 1. The van der Waals surface area contributed by atoms with Crippen LogP contribution in [0.5, 0.6) is 5.88 Å². The van der Waals surface area contributed by atoms with Gasteiger partial charge in [-0.3, -0.25) is 4.90 Å². The van der Waals surface area contributed by atoms with Crippen molar-refractivity contribution in [3.63, 3.8) is 0 Å². The Morgan fingerprint density at radius 1 is 1.05 bits per heavy atom. The van der Waals surface area contributed by atoms with Crippen LogP contribution in [-0.4, -0.2) is 41.9 Å². The van der Waals surface area contributed by atoms with Gasteiger partial charge in [-0.15, -0.1) is 11.8 Å². The number of benzene rings is 2. The van der Waals surface area contributed by atoms with Crippen LogP contribution in [0.2, 0.25) is 0 Å². The van der Waals surface area contributed by atoms with Crippen molar-refractivity contribution < 1.29 is 23.0 Å². The van der Waals surface area contributed by atoms with E-state index in [0.717, 1.165) is 5.56 Å². The van der Waals surface area contributed by atoms with Crippen molar-refractivity contribution in [2.75, 3.05) is 30.0 Å². The molecule has 0 bridgehead atoms. The molecule has 0 atom stereocenters. The Labute approximate surface area is 236 Å². The number of hydrogen-bond donors (Lipinski definition) is 0. The molecule has 0 radical (unpaired) electrons. The summed E-state index contributed by atoms with van der Waals surface area (Å²) < 4.78 is 41.6. The first-order valence-corrected chi connectivity index (χ1v) is 13.9. The summed E-state index contributed by atoms with van der Waals surface area (Å²) in [7, 11) is 1.51. The number of aromatic nitrogens is 2. The maximum Gasteiger partial charge on any atom is 0.414 e. The summed E-state index contributed by atoms with van der Waals surface area (Å²) in [6.45, 7) is 5.92. The van der Waals surface area contributed by atoms with E-state index in [9.17, 15) is 4.79 Å². The zero-order valence-corrected chi connectivity index (χ0v) is 23.6. The van der Waals surface area contributed by atoms with Crippen molar-refractivity contribution in [1.82, 2.24) is 9.97 Å². The smallest absolute Gasteiger partial charge is 0.414 e. The lowest BCUT2D eigenvalue weighted by atomic mass is 10.1. The van der Waals surface area contributed by atoms with Crippen LogP contribution < -0.4 is 14.5 Å². The van der Waals surface area contributed by atoms with Crippen molar-refractivity contribution in [2.45, 2.75) is 43.6 Å². The fourth-order valence-electron chi connectivity index (χ4n) is 4.54. The van der Waals surface area contributed by atoms with E-state index in [1.165, 1.54) is 42.1 Å². The van der Waals surface area contributed by atoms with E-state index >= 15 is 8.78 Å². The number of anilines is 2. The van der Waals surface area contributed by atoms with Gasteiger partial charge in [-0.05, 0) is 44.5 Å². The fraction of sp³-hybridized carbons (Fsp3) is 0.300. The average Bonchev–Trinajstić information content (AvgIpc) is 2.92. The number of methoxy groups -OCH3 is 1. The van der Waals surface area contributed by atoms with Crippen LogP contribution >= 0.6 is 11.8 Å². The van der Waals surface area contributed by atoms with Crippen LogP contribution in [0.25, 0.3) is 11.0 Å². The normalized spacial score (nSPS) is 13.3. The molecule has 3 heterocycles. The van der Waals surface area contributed by atoms with Gasteiger partial charge in [0.2, 0.25) is 5.88 Å². The van der Waals surface area contributed by atoms with Gasteiger partial charge in [0.25, 0.3) is 0 Å². The highest BCUT2D eigenvalue weighted by Crippen LogP contribution is 2.40. The van der Waals surface area contributed by atoms with Gasteiger partial charge in [0.05, 0.1) is 24.7 Å². The second kappa shape index (κ2) is 11.3. The van der Waals surface area contributed by atoms with Gasteiger partial charge in [-0.2, -0.15) is 4.98 Å². The first kappa shape index (κ1) is 27.6. The van der Waals surface area contributed by atoms with Gasteiger partial charge in [-0.1, -0.05) is 30.3 Å². The quantitative estimate of drug-likeness (QED) is 0.234. The number of ether oxygens (including phenoxy) is 2. The van der Waals surface area contributed by atoms with Gasteiger partial charge in [0.15, 0.2) is 5.65 Å². The summed E-state index contributed by atoms with van der Waals surface area (Å²) in [6, 6.07) is 16.0. The van der Waals surface area contributed by atoms with Crippen LogP contribution in [-0.2, 0) is 17.0 Å². The molecule has 0 saturated heterocycles. The van der Waals surface area contributed by atoms with E-state index in [2.05, 4.69) is 9.97 Å². The summed E-state index contributed by atoms with van der Waals surface area (Å²) in [5.41, 5.74) is 1.80. The molecule has 1 amide bonds. The standard InChI is InChI=1S/C30H30F2N4O3S/c1-30(2,3)39-29(37)36-13-12-35(27-21-10-11-26(38-4)34-28(21)33-16-25(27)36)17-22-23(31)14-20(15-24(22)32)40-18-19-8-6-5-7-9-19/h5-11,14-16H,12-13,17-18H2,1-4H3. The molecule has 0 aliphatic carbocycles.